The third-order valence-electron chi connectivity index (χ3n) is 4.88. The van der Waals surface area contributed by atoms with Gasteiger partial charge in [0, 0.05) is 35.4 Å². The summed E-state index contributed by atoms with van der Waals surface area (Å²) in [5.74, 6) is 7.10. The van der Waals surface area contributed by atoms with Gasteiger partial charge < -0.3 is 9.47 Å². The van der Waals surface area contributed by atoms with Gasteiger partial charge >= 0.3 is 0 Å². The molecule has 0 spiro atoms. The highest BCUT2D eigenvalue weighted by atomic mass is 16.5. The molecule has 0 radical (unpaired) electrons. The van der Waals surface area contributed by atoms with E-state index in [4.69, 9.17) is 9.47 Å². The summed E-state index contributed by atoms with van der Waals surface area (Å²) in [7, 11) is 3.16. The monoisotopic (exact) mass is 412 g/mol. The van der Waals surface area contributed by atoms with Crippen LogP contribution in [0.15, 0.2) is 78.9 Å². The Morgan fingerprint density at radius 2 is 1.16 bits per heavy atom. The molecule has 3 rings (SSSR count). The zero-order valence-electron chi connectivity index (χ0n) is 17.6. The van der Waals surface area contributed by atoms with E-state index in [9.17, 15) is 9.59 Å². The molecular formula is C27H24O4. The maximum absolute atomic E-state index is 12.8. The molecule has 0 saturated heterocycles. The zero-order valence-corrected chi connectivity index (χ0v) is 17.6. The molecule has 0 bridgehead atoms. The van der Waals surface area contributed by atoms with Crippen LogP contribution in [0.4, 0.5) is 0 Å². The molecule has 0 fully saturated rings. The van der Waals surface area contributed by atoms with Crippen LogP contribution >= 0.6 is 0 Å². The molecule has 0 aliphatic carbocycles. The lowest BCUT2D eigenvalue weighted by atomic mass is 9.91. The van der Waals surface area contributed by atoms with E-state index < -0.39 is 5.92 Å². The van der Waals surface area contributed by atoms with E-state index in [1.807, 2.05) is 30.3 Å². The van der Waals surface area contributed by atoms with E-state index in [0.717, 1.165) is 5.56 Å². The minimum atomic E-state index is -0.399. The fraction of sp³-hybridized carbons (Fsp3) is 0.185. The van der Waals surface area contributed by atoms with E-state index in [-0.39, 0.29) is 24.4 Å². The van der Waals surface area contributed by atoms with Gasteiger partial charge in [0.1, 0.15) is 11.5 Å². The topological polar surface area (TPSA) is 52.6 Å². The summed E-state index contributed by atoms with van der Waals surface area (Å²) in [6.45, 7) is 0. The number of rotatable bonds is 8. The van der Waals surface area contributed by atoms with E-state index in [1.54, 1.807) is 62.8 Å². The molecule has 4 nitrogen and oxygen atoms in total. The number of ketones is 2. The van der Waals surface area contributed by atoms with Crippen LogP contribution in [0.3, 0.4) is 0 Å². The van der Waals surface area contributed by atoms with E-state index in [1.165, 1.54) is 0 Å². The maximum atomic E-state index is 12.8. The molecular weight excluding hydrogens is 388 g/mol. The molecule has 3 aromatic carbocycles. The fourth-order valence-electron chi connectivity index (χ4n) is 3.12. The molecule has 0 heterocycles. The molecule has 0 saturated carbocycles. The Labute approximate surface area is 182 Å². The first-order valence-electron chi connectivity index (χ1n) is 10.00. The van der Waals surface area contributed by atoms with Crippen molar-refractivity contribution in [3.63, 3.8) is 0 Å². The largest absolute Gasteiger partial charge is 0.497 e. The lowest BCUT2D eigenvalue weighted by molar-refractivity contribution is 0.0939. The summed E-state index contributed by atoms with van der Waals surface area (Å²) < 4.78 is 10.3. The van der Waals surface area contributed by atoms with Gasteiger partial charge in [-0.2, -0.15) is 0 Å². The van der Waals surface area contributed by atoms with Crippen LogP contribution in [-0.2, 0) is 0 Å². The van der Waals surface area contributed by atoms with Gasteiger partial charge in [0.05, 0.1) is 14.2 Å². The molecule has 0 N–H and O–H groups in total. The van der Waals surface area contributed by atoms with Gasteiger partial charge in [-0.15, -0.1) is 0 Å². The lowest BCUT2D eigenvalue weighted by Gasteiger charge is -2.11. The van der Waals surface area contributed by atoms with Gasteiger partial charge in [0.25, 0.3) is 0 Å². The Hall–Kier alpha value is -3.84. The Morgan fingerprint density at radius 1 is 0.710 bits per heavy atom. The third kappa shape index (κ3) is 6.32. The Balaban J connectivity index is 1.78. The molecule has 0 aliphatic rings. The summed E-state index contributed by atoms with van der Waals surface area (Å²) in [4.78, 5) is 25.7. The van der Waals surface area contributed by atoms with Crippen molar-refractivity contribution < 1.29 is 19.1 Å². The van der Waals surface area contributed by atoms with Gasteiger partial charge in [0.15, 0.2) is 11.6 Å². The Bertz CT molecular complexity index is 1010. The summed E-state index contributed by atoms with van der Waals surface area (Å²) >= 11 is 0. The predicted molar refractivity (Wildman–Crippen MR) is 121 cm³/mol. The van der Waals surface area contributed by atoms with Crippen LogP contribution in [0.1, 0.15) is 39.1 Å². The van der Waals surface area contributed by atoms with Gasteiger partial charge in [-0.25, -0.2) is 0 Å². The molecule has 0 atom stereocenters. The van der Waals surface area contributed by atoms with Crippen LogP contribution < -0.4 is 9.47 Å². The first kappa shape index (κ1) is 21.9. The molecule has 3 aromatic rings. The quantitative estimate of drug-likeness (QED) is 0.376. The maximum Gasteiger partial charge on any atom is 0.164 e. The second-order valence-corrected chi connectivity index (χ2v) is 7.04. The van der Waals surface area contributed by atoms with Crippen LogP contribution in [0.25, 0.3) is 0 Å². The Morgan fingerprint density at radius 3 is 1.58 bits per heavy atom. The molecule has 0 amide bonds. The van der Waals surface area contributed by atoms with Crippen molar-refractivity contribution in [1.82, 2.24) is 0 Å². The van der Waals surface area contributed by atoms with Crippen LogP contribution in [0, 0.1) is 17.8 Å². The van der Waals surface area contributed by atoms with Crippen molar-refractivity contribution in [2.45, 2.75) is 12.8 Å². The highest BCUT2D eigenvalue weighted by Gasteiger charge is 2.18. The van der Waals surface area contributed by atoms with Crippen molar-refractivity contribution in [2.24, 2.45) is 5.92 Å². The predicted octanol–water partition coefficient (Wildman–Crippen LogP) is 5.22. The second-order valence-electron chi connectivity index (χ2n) is 7.04. The summed E-state index contributed by atoms with van der Waals surface area (Å²) in [6.07, 6.45) is 0.322. The number of methoxy groups -OCH3 is 2. The number of carbonyl (C=O) groups excluding carboxylic acids is 2. The van der Waals surface area contributed by atoms with Crippen LogP contribution in [0.2, 0.25) is 0 Å². The number of ether oxygens (including phenoxy) is 2. The molecule has 4 heteroatoms. The normalized spacial score (nSPS) is 10.2. The van der Waals surface area contributed by atoms with Crippen LogP contribution in [0.5, 0.6) is 11.5 Å². The van der Waals surface area contributed by atoms with Crippen LogP contribution in [-0.4, -0.2) is 25.8 Å². The number of Topliss-reactive ketones (excluding diaryl/α,β-unsaturated/α-hetero) is 2. The zero-order chi connectivity index (χ0) is 22.1. The Kier molecular flexibility index (Phi) is 7.61. The molecule has 156 valence electrons. The molecule has 0 aromatic heterocycles. The SMILES string of the molecule is COc1ccc(C(=O)CC(C#Cc2ccccc2)CC(=O)c2ccc(OC)cc2)cc1. The van der Waals surface area contributed by atoms with Crippen molar-refractivity contribution >= 4 is 11.6 Å². The van der Waals surface area contributed by atoms with E-state index >= 15 is 0 Å². The molecule has 0 unspecified atom stereocenters. The molecule has 0 aliphatic heterocycles. The van der Waals surface area contributed by atoms with Crippen molar-refractivity contribution in [3.8, 4) is 23.3 Å². The first-order valence-corrected chi connectivity index (χ1v) is 10.00. The van der Waals surface area contributed by atoms with Gasteiger partial charge in [-0.05, 0) is 60.7 Å². The van der Waals surface area contributed by atoms with Gasteiger partial charge in [0.2, 0.25) is 0 Å². The minimum absolute atomic E-state index is 0.0578. The average Bonchev–Trinajstić information content (AvgIpc) is 2.83. The van der Waals surface area contributed by atoms with E-state index in [2.05, 4.69) is 11.8 Å². The minimum Gasteiger partial charge on any atom is -0.497 e. The van der Waals surface area contributed by atoms with Gasteiger partial charge in [-0.3, -0.25) is 9.59 Å². The molecule has 31 heavy (non-hydrogen) atoms. The highest BCUT2D eigenvalue weighted by Crippen LogP contribution is 2.20. The lowest BCUT2D eigenvalue weighted by Crippen LogP contribution is -2.13. The number of benzene rings is 3. The number of hydrogen-bond donors (Lipinski definition) is 0. The van der Waals surface area contributed by atoms with Gasteiger partial charge in [-0.1, -0.05) is 30.0 Å². The summed E-state index contributed by atoms with van der Waals surface area (Å²) in [5, 5.41) is 0. The van der Waals surface area contributed by atoms with Crippen molar-refractivity contribution in [2.75, 3.05) is 14.2 Å². The first-order chi connectivity index (χ1) is 15.1. The summed E-state index contributed by atoms with van der Waals surface area (Å²) in [5.41, 5.74) is 2.00. The second kappa shape index (κ2) is 10.8. The fourth-order valence-corrected chi connectivity index (χ4v) is 3.12. The number of hydrogen-bond acceptors (Lipinski definition) is 4. The smallest absolute Gasteiger partial charge is 0.164 e. The number of carbonyl (C=O) groups is 2. The third-order valence-corrected chi connectivity index (χ3v) is 4.88. The van der Waals surface area contributed by atoms with Crippen molar-refractivity contribution in [3.05, 3.63) is 95.6 Å². The highest BCUT2D eigenvalue weighted by molar-refractivity contribution is 5.99. The van der Waals surface area contributed by atoms with E-state index in [0.29, 0.717) is 22.6 Å². The van der Waals surface area contributed by atoms with Crippen molar-refractivity contribution in [1.29, 1.82) is 0 Å². The average molecular weight is 412 g/mol. The standard InChI is InChI=1S/C27H24O4/c1-30-24-14-10-22(11-15-24)26(28)18-21(9-8-20-6-4-3-5-7-20)19-27(29)23-12-16-25(31-2)17-13-23/h3-7,10-17,21H,18-19H2,1-2H3. The summed E-state index contributed by atoms with van der Waals surface area (Å²) in [6, 6.07) is 23.5.